The van der Waals surface area contributed by atoms with Crippen molar-refractivity contribution >= 4 is 5.78 Å². The highest BCUT2D eigenvalue weighted by Gasteiger charge is 2.48. The van der Waals surface area contributed by atoms with Crippen molar-refractivity contribution in [2.75, 3.05) is 13.7 Å². The maximum absolute atomic E-state index is 12.4. The van der Waals surface area contributed by atoms with Crippen LogP contribution in [-0.2, 0) is 23.7 Å². The number of fused-ring (bicyclic) bond motifs is 1. The van der Waals surface area contributed by atoms with Crippen molar-refractivity contribution in [3.05, 3.63) is 48.6 Å². The van der Waals surface area contributed by atoms with Gasteiger partial charge in [-0.1, -0.05) is 36.4 Å². The Morgan fingerprint density at radius 2 is 2.09 bits per heavy atom. The van der Waals surface area contributed by atoms with Gasteiger partial charge in [-0.25, -0.2) is 0 Å². The molecule has 1 aromatic rings. The fraction of sp³-hybridized carbons (Fsp3) is 0.471. The molecule has 5 heteroatoms. The van der Waals surface area contributed by atoms with Gasteiger partial charge in [0.2, 0.25) is 6.29 Å². The summed E-state index contributed by atoms with van der Waals surface area (Å²) in [5, 5.41) is 0. The highest BCUT2D eigenvalue weighted by atomic mass is 16.7. The van der Waals surface area contributed by atoms with E-state index in [1.54, 1.807) is 6.08 Å². The van der Waals surface area contributed by atoms with Crippen LogP contribution in [-0.4, -0.2) is 38.0 Å². The molecular weight excluding hydrogens is 284 g/mol. The topological polar surface area (TPSA) is 54.0 Å². The lowest BCUT2D eigenvalue weighted by Gasteiger charge is -2.44. The van der Waals surface area contributed by atoms with Gasteiger partial charge in [-0.3, -0.25) is 4.79 Å². The van der Waals surface area contributed by atoms with Gasteiger partial charge in [-0.15, -0.1) is 6.58 Å². The van der Waals surface area contributed by atoms with Crippen molar-refractivity contribution in [1.82, 2.24) is 0 Å². The number of rotatable bonds is 4. The summed E-state index contributed by atoms with van der Waals surface area (Å²) in [6, 6.07) is 9.68. The summed E-state index contributed by atoms with van der Waals surface area (Å²) in [5.41, 5.74) is 0.930. The first-order chi connectivity index (χ1) is 10.7. The Labute approximate surface area is 129 Å². The molecular formula is C17H20O5. The van der Waals surface area contributed by atoms with Crippen molar-refractivity contribution in [3.8, 4) is 0 Å². The van der Waals surface area contributed by atoms with E-state index in [2.05, 4.69) is 6.58 Å². The van der Waals surface area contributed by atoms with Gasteiger partial charge in [-0.05, 0) is 6.42 Å². The molecule has 0 radical (unpaired) electrons. The highest BCUT2D eigenvalue weighted by molar-refractivity contribution is 5.85. The molecule has 0 unspecified atom stereocenters. The molecule has 3 rings (SSSR count). The minimum Gasteiger partial charge on any atom is -0.349 e. The van der Waals surface area contributed by atoms with Crippen LogP contribution < -0.4 is 0 Å². The number of allylic oxidation sites excluding steroid dienone is 1. The summed E-state index contributed by atoms with van der Waals surface area (Å²) >= 11 is 0. The number of carbonyl (C=O) groups excluding carboxylic acids is 1. The zero-order chi connectivity index (χ0) is 15.5. The Morgan fingerprint density at radius 1 is 1.32 bits per heavy atom. The first-order valence-electron chi connectivity index (χ1n) is 7.39. The second-order valence-electron chi connectivity index (χ2n) is 5.45. The van der Waals surface area contributed by atoms with Gasteiger partial charge in [-0.2, -0.15) is 0 Å². The summed E-state index contributed by atoms with van der Waals surface area (Å²) in [6.07, 6.45) is 0.263. The smallest absolute Gasteiger partial charge is 0.218 e. The average Bonchev–Trinajstić information content (AvgIpc) is 2.57. The van der Waals surface area contributed by atoms with Crippen LogP contribution in [0, 0.1) is 5.92 Å². The van der Waals surface area contributed by atoms with Crippen LogP contribution in [0.3, 0.4) is 0 Å². The second kappa shape index (κ2) is 6.71. The first kappa shape index (κ1) is 15.4. The minimum absolute atomic E-state index is 0.0997. The quantitative estimate of drug-likeness (QED) is 0.799. The predicted molar refractivity (Wildman–Crippen MR) is 79.0 cm³/mol. The summed E-state index contributed by atoms with van der Waals surface area (Å²) in [5.74, 6) is -0.423. The minimum atomic E-state index is -0.855. The van der Waals surface area contributed by atoms with Crippen LogP contribution in [0.5, 0.6) is 0 Å². The predicted octanol–water partition coefficient (Wildman–Crippen LogP) is 2.23. The molecule has 2 fully saturated rings. The molecule has 22 heavy (non-hydrogen) atoms. The number of hydrogen-bond donors (Lipinski definition) is 0. The summed E-state index contributed by atoms with van der Waals surface area (Å²) in [6.45, 7) is 4.10. The lowest BCUT2D eigenvalue weighted by atomic mass is 9.87. The molecule has 0 saturated carbocycles. The van der Waals surface area contributed by atoms with Gasteiger partial charge in [0.05, 0.1) is 18.6 Å². The molecule has 1 aromatic carbocycles. The third kappa shape index (κ3) is 2.85. The number of methoxy groups -OCH3 is 1. The molecule has 0 aliphatic carbocycles. The number of ether oxygens (including phenoxy) is 4. The van der Waals surface area contributed by atoms with E-state index in [-0.39, 0.29) is 23.9 Å². The highest BCUT2D eigenvalue weighted by Crippen LogP contribution is 2.36. The molecule has 118 valence electrons. The van der Waals surface area contributed by atoms with Crippen LogP contribution in [0.15, 0.2) is 43.0 Å². The fourth-order valence-corrected chi connectivity index (χ4v) is 2.97. The standard InChI is InChI=1S/C17H20O5/c1-3-7-12-14(18)17(19-2)21-13-10-20-16(22-15(12)13)11-8-5-4-6-9-11/h3-6,8-9,12-13,15-17H,1,7,10H2,2H3/t12-,13+,15-,16+,17-/m0/s1. The van der Waals surface area contributed by atoms with Crippen molar-refractivity contribution in [3.63, 3.8) is 0 Å². The molecule has 0 N–H and O–H groups in total. The molecule has 0 bridgehead atoms. The molecule has 0 aromatic heterocycles. The van der Waals surface area contributed by atoms with E-state index in [1.165, 1.54) is 7.11 Å². The van der Waals surface area contributed by atoms with Crippen LogP contribution in [0.2, 0.25) is 0 Å². The van der Waals surface area contributed by atoms with Gasteiger partial charge in [0.25, 0.3) is 0 Å². The van der Waals surface area contributed by atoms with Crippen molar-refractivity contribution < 1.29 is 23.7 Å². The van der Waals surface area contributed by atoms with Gasteiger partial charge in [0, 0.05) is 12.7 Å². The fourth-order valence-electron chi connectivity index (χ4n) is 2.97. The van der Waals surface area contributed by atoms with Gasteiger partial charge >= 0.3 is 0 Å². The number of Topliss-reactive ketones (excluding diaryl/α,β-unsaturated/α-hetero) is 1. The lowest BCUT2D eigenvalue weighted by molar-refractivity contribution is -0.311. The Bertz CT molecular complexity index is 529. The van der Waals surface area contributed by atoms with Crippen LogP contribution in [0.4, 0.5) is 0 Å². The third-order valence-corrected chi connectivity index (χ3v) is 4.06. The molecule has 2 aliphatic heterocycles. The first-order valence-corrected chi connectivity index (χ1v) is 7.39. The molecule has 5 atom stereocenters. The molecule has 5 nitrogen and oxygen atoms in total. The normalized spacial score (nSPS) is 35.0. The molecule has 2 heterocycles. The number of carbonyl (C=O) groups is 1. The molecule has 2 aliphatic rings. The Kier molecular flexibility index (Phi) is 4.69. The lowest BCUT2D eigenvalue weighted by Crippen LogP contribution is -2.57. The number of benzene rings is 1. The molecule has 0 amide bonds. The van der Waals surface area contributed by atoms with Crippen LogP contribution >= 0.6 is 0 Å². The average molecular weight is 304 g/mol. The van der Waals surface area contributed by atoms with E-state index in [4.69, 9.17) is 18.9 Å². The van der Waals surface area contributed by atoms with Crippen molar-refractivity contribution in [2.45, 2.75) is 31.2 Å². The number of ketones is 1. The van der Waals surface area contributed by atoms with Crippen molar-refractivity contribution in [2.24, 2.45) is 5.92 Å². The van der Waals surface area contributed by atoms with Gasteiger partial charge < -0.3 is 18.9 Å². The van der Waals surface area contributed by atoms with Gasteiger partial charge in [0.1, 0.15) is 6.10 Å². The summed E-state index contributed by atoms with van der Waals surface area (Å²) in [4.78, 5) is 12.4. The maximum Gasteiger partial charge on any atom is 0.218 e. The van der Waals surface area contributed by atoms with E-state index >= 15 is 0 Å². The van der Waals surface area contributed by atoms with E-state index in [0.29, 0.717) is 13.0 Å². The van der Waals surface area contributed by atoms with E-state index in [9.17, 15) is 4.79 Å². The van der Waals surface area contributed by atoms with Gasteiger partial charge in [0.15, 0.2) is 12.1 Å². The third-order valence-electron chi connectivity index (χ3n) is 4.06. The zero-order valence-electron chi connectivity index (χ0n) is 12.5. The van der Waals surface area contributed by atoms with E-state index < -0.39 is 12.6 Å². The number of hydrogen-bond acceptors (Lipinski definition) is 5. The van der Waals surface area contributed by atoms with E-state index in [1.807, 2.05) is 30.3 Å². The SMILES string of the molecule is C=CC[C@H]1C(=O)[C@@H](OC)O[C@@H]2CO[C@@H](c3ccccc3)O[C@H]21. The summed E-state index contributed by atoms with van der Waals surface area (Å²) in [7, 11) is 1.46. The zero-order valence-corrected chi connectivity index (χ0v) is 12.5. The Hall–Kier alpha value is -1.53. The van der Waals surface area contributed by atoms with E-state index in [0.717, 1.165) is 5.56 Å². The van der Waals surface area contributed by atoms with Crippen LogP contribution in [0.25, 0.3) is 0 Å². The molecule has 0 spiro atoms. The maximum atomic E-state index is 12.4. The Morgan fingerprint density at radius 3 is 2.77 bits per heavy atom. The van der Waals surface area contributed by atoms with Crippen LogP contribution in [0.1, 0.15) is 18.3 Å². The largest absolute Gasteiger partial charge is 0.349 e. The summed E-state index contributed by atoms with van der Waals surface area (Å²) < 4.78 is 22.6. The monoisotopic (exact) mass is 304 g/mol. The Balaban J connectivity index is 1.80. The van der Waals surface area contributed by atoms with Crippen molar-refractivity contribution in [1.29, 1.82) is 0 Å². The second-order valence-corrected chi connectivity index (χ2v) is 5.45. The molecule has 2 saturated heterocycles.